The van der Waals surface area contributed by atoms with Crippen LogP contribution in [0.1, 0.15) is 48.3 Å². The number of alkyl carbamates (subject to hydrolysis) is 2. The molecule has 0 aromatic heterocycles. The highest BCUT2D eigenvalue weighted by atomic mass is 16.6. The van der Waals surface area contributed by atoms with E-state index < -0.39 is 18.1 Å². The van der Waals surface area contributed by atoms with Crippen LogP contribution in [0.5, 0.6) is 0 Å². The lowest BCUT2D eigenvalue weighted by molar-refractivity contribution is -0.118. The van der Waals surface area contributed by atoms with Crippen molar-refractivity contribution in [2.24, 2.45) is 0 Å². The third-order valence-electron chi connectivity index (χ3n) is 8.41. The van der Waals surface area contributed by atoms with Gasteiger partial charge in [0, 0.05) is 24.2 Å². The Morgan fingerprint density at radius 3 is 2.18 bits per heavy atom. The molecule has 0 spiro atoms. The van der Waals surface area contributed by atoms with Gasteiger partial charge in [-0.3, -0.25) is 4.79 Å². The molecular formula is C35H42N4O6. The van der Waals surface area contributed by atoms with Crippen LogP contribution in [-0.2, 0) is 25.4 Å². The summed E-state index contributed by atoms with van der Waals surface area (Å²) in [6, 6.07) is 26.2. The molecule has 3 aromatic rings. The highest BCUT2D eigenvalue weighted by molar-refractivity contribution is 5.98. The quantitative estimate of drug-likeness (QED) is 0.232. The average molecular weight is 615 g/mol. The number of hydrogen-bond acceptors (Lipinski definition) is 7. The number of rotatable bonds is 12. The Morgan fingerprint density at radius 2 is 1.58 bits per heavy atom. The Morgan fingerprint density at radius 1 is 0.911 bits per heavy atom. The van der Waals surface area contributed by atoms with E-state index in [1.807, 2.05) is 84.9 Å². The first-order valence-electron chi connectivity index (χ1n) is 15.6. The Balaban J connectivity index is 1.21. The van der Waals surface area contributed by atoms with Gasteiger partial charge in [0.05, 0.1) is 25.9 Å². The molecule has 3 aromatic carbocycles. The van der Waals surface area contributed by atoms with Gasteiger partial charge in [0.2, 0.25) is 5.91 Å². The number of morpholine rings is 1. The van der Waals surface area contributed by atoms with Crippen molar-refractivity contribution in [3.63, 3.8) is 0 Å². The van der Waals surface area contributed by atoms with Gasteiger partial charge < -0.3 is 35.5 Å². The molecule has 238 valence electrons. The Kier molecular flexibility index (Phi) is 11.4. The normalized spacial score (nSPS) is 18.7. The van der Waals surface area contributed by atoms with E-state index in [1.54, 1.807) is 0 Å². The lowest BCUT2D eigenvalue weighted by Crippen LogP contribution is -2.50. The molecule has 1 saturated carbocycles. The van der Waals surface area contributed by atoms with Crippen molar-refractivity contribution in [2.45, 2.75) is 62.3 Å². The number of carbonyl (C=O) groups excluding carboxylic acids is 3. The van der Waals surface area contributed by atoms with Gasteiger partial charge in [-0.1, -0.05) is 78.9 Å². The maximum atomic E-state index is 14.0. The second-order valence-electron chi connectivity index (χ2n) is 11.5. The number of para-hydroxylation sites is 1. The smallest absolute Gasteiger partial charge is 0.407 e. The summed E-state index contributed by atoms with van der Waals surface area (Å²) in [5.74, 6) is -0.813. The number of benzene rings is 3. The van der Waals surface area contributed by atoms with Crippen molar-refractivity contribution in [3.05, 3.63) is 102 Å². The number of amides is 3. The van der Waals surface area contributed by atoms with Crippen LogP contribution in [0.2, 0.25) is 0 Å². The summed E-state index contributed by atoms with van der Waals surface area (Å²) in [6.07, 6.45) is 3.50. The number of anilines is 1. The molecule has 45 heavy (non-hydrogen) atoms. The molecule has 2 fully saturated rings. The molecule has 0 bridgehead atoms. The Hall–Kier alpha value is -4.41. The van der Waals surface area contributed by atoms with Crippen molar-refractivity contribution in [1.29, 1.82) is 0 Å². The maximum Gasteiger partial charge on any atom is 0.407 e. The molecule has 1 aliphatic heterocycles. The topological polar surface area (TPSA) is 127 Å². The number of carbonyl (C=O) groups is 3. The molecule has 0 radical (unpaired) electrons. The van der Waals surface area contributed by atoms with Gasteiger partial charge in [0.15, 0.2) is 0 Å². The van der Waals surface area contributed by atoms with Crippen molar-refractivity contribution >= 4 is 23.8 Å². The van der Waals surface area contributed by atoms with Crippen LogP contribution >= 0.6 is 0 Å². The van der Waals surface area contributed by atoms with Crippen molar-refractivity contribution in [2.75, 3.05) is 32.2 Å². The summed E-state index contributed by atoms with van der Waals surface area (Å²) in [7, 11) is 1.28. The number of ether oxygens (including phenoxy) is 3. The number of methoxy groups -OCH3 is 1. The first-order valence-corrected chi connectivity index (χ1v) is 15.6. The van der Waals surface area contributed by atoms with Gasteiger partial charge in [-0.15, -0.1) is 0 Å². The minimum absolute atomic E-state index is 0.0249. The zero-order chi connectivity index (χ0) is 31.4. The van der Waals surface area contributed by atoms with Crippen LogP contribution in [0.15, 0.2) is 84.9 Å². The third-order valence-corrected chi connectivity index (χ3v) is 8.41. The Bertz CT molecular complexity index is 1350. The van der Waals surface area contributed by atoms with Crippen LogP contribution in [-0.4, -0.2) is 69.2 Å². The standard InChI is InChI=1S/C35H42N4O6/c1-43-34(41)39-32(31(25-12-4-2-5-13-25)26-14-6-3-7-15-26)33(40)38-30-18-9-8-11-24(30)19-20-29-21-36-28(22-44-29)23-45-35(42)37-27-16-10-17-27/h2-9,11-15,18,27-29,31-32,36H,10,16-17,19-23H2,1H3,(H,37,42)(H,38,40)(H,39,41)/t28-,29+,32-/m0/s1. The number of nitrogens with one attached hydrogen (secondary N) is 4. The van der Waals surface area contributed by atoms with Gasteiger partial charge in [-0.25, -0.2) is 9.59 Å². The molecule has 10 nitrogen and oxygen atoms in total. The van der Waals surface area contributed by atoms with Crippen LogP contribution in [0.4, 0.5) is 15.3 Å². The van der Waals surface area contributed by atoms with E-state index in [9.17, 15) is 14.4 Å². The molecule has 1 aliphatic carbocycles. The van der Waals surface area contributed by atoms with Crippen LogP contribution in [0.25, 0.3) is 0 Å². The van der Waals surface area contributed by atoms with Crippen LogP contribution in [0, 0.1) is 0 Å². The van der Waals surface area contributed by atoms with Gasteiger partial charge in [-0.2, -0.15) is 0 Å². The van der Waals surface area contributed by atoms with Crippen molar-refractivity contribution < 1.29 is 28.6 Å². The molecule has 1 saturated heterocycles. The van der Waals surface area contributed by atoms with Crippen molar-refractivity contribution in [3.8, 4) is 0 Å². The second kappa shape index (κ2) is 16.1. The highest BCUT2D eigenvalue weighted by Gasteiger charge is 2.33. The summed E-state index contributed by atoms with van der Waals surface area (Å²) in [6.45, 7) is 1.34. The zero-order valence-electron chi connectivity index (χ0n) is 25.6. The molecule has 3 amide bonds. The van der Waals surface area contributed by atoms with E-state index in [0.717, 1.165) is 42.4 Å². The SMILES string of the molecule is COC(=O)N[C@H](C(=O)Nc1ccccc1CC[C@@H]1CN[C@H](COC(=O)NC2CCC2)CO1)C(c1ccccc1)c1ccccc1. The molecule has 2 aliphatic rings. The summed E-state index contributed by atoms with van der Waals surface area (Å²) in [5, 5.41) is 12.2. The van der Waals surface area contributed by atoms with Crippen LogP contribution < -0.4 is 21.3 Å². The summed E-state index contributed by atoms with van der Waals surface area (Å²) in [4.78, 5) is 38.4. The predicted molar refractivity (Wildman–Crippen MR) is 171 cm³/mol. The van der Waals surface area contributed by atoms with Crippen molar-refractivity contribution in [1.82, 2.24) is 16.0 Å². The molecule has 1 heterocycles. The van der Waals surface area contributed by atoms with Gasteiger partial charge in [-0.05, 0) is 54.9 Å². The number of hydrogen-bond donors (Lipinski definition) is 4. The average Bonchev–Trinajstić information content (AvgIpc) is 3.06. The molecule has 4 N–H and O–H groups in total. The van der Waals surface area contributed by atoms with Crippen LogP contribution in [0.3, 0.4) is 0 Å². The van der Waals surface area contributed by atoms with Gasteiger partial charge >= 0.3 is 12.2 Å². The van der Waals surface area contributed by atoms with E-state index in [0.29, 0.717) is 25.3 Å². The molecular weight excluding hydrogens is 572 g/mol. The largest absolute Gasteiger partial charge is 0.453 e. The highest BCUT2D eigenvalue weighted by Crippen LogP contribution is 2.30. The lowest BCUT2D eigenvalue weighted by atomic mass is 9.84. The predicted octanol–water partition coefficient (Wildman–Crippen LogP) is 4.75. The summed E-state index contributed by atoms with van der Waals surface area (Å²) >= 11 is 0. The zero-order valence-corrected chi connectivity index (χ0v) is 25.6. The van der Waals surface area contributed by atoms with E-state index in [2.05, 4.69) is 21.3 Å². The van der Waals surface area contributed by atoms with E-state index >= 15 is 0 Å². The summed E-state index contributed by atoms with van der Waals surface area (Å²) in [5.41, 5.74) is 3.41. The summed E-state index contributed by atoms with van der Waals surface area (Å²) < 4.78 is 16.4. The first-order chi connectivity index (χ1) is 22.0. The molecule has 0 unspecified atom stereocenters. The van der Waals surface area contributed by atoms with Gasteiger partial charge in [0.25, 0.3) is 0 Å². The minimum atomic E-state index is -0.948. The fourth-order valence-corrected chi connectivity index (χ4v) is 5.67. The van der Waals surface area contributed by atoms with E-state index in [-0.39, 0.29) is 36.8 Å². The lowest BCUT2D eigenvalue weighted by Gasteiger charge is -2.31. The molecule has 10 heteroatoms. The Labute approximate surface area is 264 Å². The minimum Gasteiger partial charge on any atom is -0.453 e. The van der Waals surface area contributed by atoms with Gasteiger partial charge in [0.1, 0.15) is 12.6 Å². The third kappa shape index (κ3) is 9.06. The van der Waals surface area contributed by atoms with E-state index in [4.69, 9.17) is 14.2 Å². The molecule has 3 atom stereocenters. The van der Waals surface area contributed by atoms with E-state index in [1.165, 1.54) is 7.11 Å². The first kappa shape index (κ1) is 32.0. The molecule has 5 rings (SSSR count). The monoisotopic (exact) mass is 614 g/mol. The maximum absolute atomic E-state index is 14.0. The number of aryl methyl sites for hydroxylation is 1. The second-order valence-corrected chi connectivity index (χ2v) is 11.5. The fourth-order valence-electron chi connectivity index (χ4n) is 5.67. The fraction of sp³-hybridized carbons (Fsp3) is 0.400.